The Labute approximate surface area is 93.1 Å². The van der Waals surface area contributed by atoms with E-state index in [1.807, 2.05) is 36.4 Å². The van der Waals surface area contributed by atoms with Crippen molar-refractivity contribution in [3.05, 3.63) is 59.7 Å². The Bertz CT molecular complexity index is 528. The molecule has 0 spiro atoms. The van der Waals surface area contributed by atoms with Gasteiger partial charge in [-0.2, -0.15) is 0 Å². The van der Waals surface area contributed by atoms with Crippen molar-refractivity contribution in [2.45, 2.75) is 0 Å². The van der Waals surface area contributed by atoms with Gasteiger partial charge in [-0.15, -0.1) is 5.90 Å². The van der Waals surface area contributed by atoms with E-state index in [4.69, 9.17) is 5.90 Å². The highest BCUT2D eigenvalue weighted by molar-refractivity contribution is 6.24. The van der Waals surface area contributed by atoms with Gasteiger partial charge in [-0.05, 0) is 11.1 Å². The van der Waals surface area contributed by atoms with Gasteiger partial charge in [0.05, 0.1) is 0 Å². The molecule has 1 aliphatic rings. The maximum atomic E-state index is 5.04. The molecule has 0 fully saturated rings. The Morgan fingerprint density at radius 3 is 1.62 bits per heavy atom. The second-order valence-electron chi connectivity index (χ2n) is 3.64. The molecule has 0 aliphatic heterocycles. The van der Waals surface area contributed by atoms with E-state index in [9.17, 15) is 0 Å². The molecule has 16 heavy (non-hydrogen) atoms. The molecule has 2 aromatic carbocycles. The fraction of sp³-hybridized carbons (Fsp3) is 0. The molecule has 0 radical (unpaired) electrons. The molecule has 78 valence electrons. The van der Waals surface area contributed by atoms with Gasteiger partial charge in [0, 0.05) is 11.1 Å². The summed E-state index contributed by atoms with van der Waals surface area (Å²) in [5.41, 5.74) is 5.28. The van der Waals surface area contributed by atoms with Gasteiger partial charge in [0.1, 0.15) is 5.71 Å². The quantitative estimate of drug-likeness (QED) is 0.626. The van der Waals surface area contributed by atoms with Crippen LogP contribution < -0.4 is 5.90 Å². The summed E-state index contributed by atoms with van der Waals surface area (Å²) in [5, 5.41) is 3.90. The molecular weight excluding hydrogens is 200 g/mol. The molecule has 0 saturated heterocycles. The monoisotopic (exact) mass is 210 g/mol. The molecule has 0 bridgehead atoms. The van der Waals surface area contributed by atoms with Crippen LogP contribution in [0.25, 0.3) is 11.1 Å². The van der Waals surface area contributed by atoms with Gasteiger partial charge in [-0.3, -0.25) is 0 Å². The summed E-state index contributed by atoms with van der Waals surface area (Å²) in [5.74, 6) is 5.04. The van der Waals surface area contributed by atoms with Crippen molar-refractivity contribution in [3.63, 3.8) is 0 Å². The number of hydrogen-bond acceptors (Lipinski definition) is 3. The highest BCUT2D eigenvalue weighted by atomic mass is 16.7. The lowest BCUT2D eigenvalue weighted by atomic mass is 10.1. The predicted molar refractivity (Wildman–Crippen MR) is 62.8 cm³/mol. The number of oxime groups is 1. The summed E-state index contributed by atoms with van der Waals surface area (Å²) in [6.07, 6.45) is 0. The van der Waals surface area contributed by atoms with Gasteiger partial charge in [-0.1, -0.05) is 53.7 Å². The van der Waals surface area contributed by atoms with Crippen LogP contribution in [-0.4, -0.2) is 5.71 Å². The topological polar surface area (TPSA) is 47.6 Å². The van der Waals surface area contributed by atoms with Crippen molar-refractivity contribution in [2.24, 2.45) is 11.1 Å². The first-order chi connectivity index (χ1) is 7.92. The van der Waals surface area contributed by atoms with E-state index in [-0.39, 0.29) is 0 Å². The largest absolute Gasteiger partial charge is 0.302 e. The van der Waals surface area contributed by atoms with Crippen LogP contribution in [0.5, 0.6) is 0 Å². The smallest absolute Gasteiger partial charge is 0.121 e. The number of hydrogen-bond donors (Lipinski definition) is 1. The molecule has 0 heterocycles. The highest BCUT2D eigenvalue weighted by Gasteiger charge is 2.24. The third-order valence-corrected chi connectivity index (χ3v) is 2.80. The lowest BCUT2D eigenvalue weighted by Gasteiger charge is -1.98. The first kappa shape index (κ1) is 9.12. The van der Waals surface area contributed by atoms with Crippen LogP contribution in [0.2, 0.25) is 0 Å². The van der Waals surface area contributed by atoms with Crippen molar-refractivity contribution < 1.29 is 4.94 Å². The van der Waals surface area contributed by atoms with Crippen LogP contribution in [0.1, 0.15) is 11.1 Å². The molecule has 3 rings (SSSR count). The summed E-state index contributed by atoms with van der Waals surface area (Å²) in [4.78, 5) is 4.43. The zero-order chi connectivity index (χ0) is 11.0. The van der Waals surface area contributed by atoms with Crippen molar-refractivity contribution in [3.8, 4) is 11.1 Å². The summed E-state index contributed by atoms with van der Waals surface area (Å²) < 4.78 is 0. The fourth-order valence-corrected chi connectivity index (χ4v) is 2.15. The Morgan fingerprint density at radius 1 is 0.750 bits per heavy atom. The zero-order valence-electron chi connectivity index (χ0n) is 8.55. The van der Waals surface area contributed by atoms with E-state index >= 15 is 0 Å². The first-order valence-corrected chi connectivity index (χ1v) is 5.05. The number of fused-ring (bicyclic) bond motifs is 3. The number of nitrogens with zero attached hydrogens (tertiary/aromatic N) is 1. The van der Waals surface area contributed by atoms with Crippen molar-refractivity contribution in [2.75, 3.05) is 0 Å². The Morgan fingerprint density at radius 2 is 1.19 bits per heavy atom. The average molecular weight is 210 g/mol. The lowest BCUT2D eigenvalue weighted by molar-refractivity contribution is 0.149. The van der Waals surface area contributed by atoms with E-state index in [2.05, 4.69) is 22.2 Å². The highest BCUT2D eigenvalue weighted by Crippen LogP contribution is 2.36. The lowest BCUT2D eigenvalue weighted by Crippen LogP contribution is -2.01. The second-order valence-corrected chi connectivity index (χ2v) is 3.64. The minimum atomic E-state index is 0.800. The summed E-state index contributed by atoms with van der Waals surface area (Å²) in [6.45, 7) is 0. The van der Waals surface area contributed by atoms with Gasteiger partial charge in [0.25, 0.3) is 0 Å². The van der Waals surface area contributed by atoms with E-state index in [1.54, 1.807) is 0 Å². The molecule has 3 nitrogen and oxygen atoms in total. The van der Waals surface area contributed by atoms with Crippen LogP contribution in [0.15, 0.2) is 53.7 Å². The Hall–Kier alpha value is -2.13. The van der Waals surface area contributed by atoms with E-state index in [0.717, 1.165) is 16.8 Å². The minimum absolute atomic E-state index is 0.800. The molecule has 2 aromatic rings. The van der Waals surface area contributed by atoms with Crippen LogP contribution in [0, 0.1) is 0 Å². The summed E-state index contributed by atoms with van der Waals surface area (Å²) in [7, 11) is 0. The Balaban J connectivity index is 2.34. The SMILES string of the molecule is NON=C1c2ccccc2-c2ccccc21. The summed E-state index contributed by atoms with van der Waals surface area (Å²) in [6, 6.07) is 16.2. The summed E-state index contributed by atoms with van der Waals surface area (Å²) >= 11 is 0. The van der Waals surface area contributed by atoms with Crippen LogP contribution in [0.3, 0.4) is 0 Å². The number of benzene rings is 2. The van der Waals surface area contributed by atoms with E-state index in [0.29, 0.717) is 0 Å². The molecule has 0 amide bonds. The molecule has 2 N–H and O–H groups in total. The van der Waals surface area contributed by atoms with Gasteiger partial charge in [-0.25, -0.2) is 0 Å². The number of rotatable bonds is 1. The average Bonchev–Trinajstić information content (AvgIpc) is 2.66. The minimum Gasteiger partial charge on any atom is -0.302 e. The number of nitrogens with two attached hydrogens (primary N) is 1. The van der Waals surface area contributed by atoms with Crippen molar-refractivity contribution >= 4 is 5.71 Å². The van der Waals surface area contributed by atoms with Gasteiger partial charge < -0.3 is 4.94 Å². The van der Waals surface area contributed by atoms with Crippen molar-refractivity contribution in [1.82, 2.24) is 0 Å². The molecule has 0 aromatic heterocycles. The van der Waals surface area contributed by atoms with E-state index < -0.39 is 0 Å². The van der Waals surface area contributed by atoms with Crippen LogP contribution in [-0.2, 0) is 4.94 Å². The van der Waals surface area contributed by atoms with Gasteiger partial charge >= 0.3 is 0 Å². The second kappa shape index (κ2) is 3.47. The van der Waals surface area contributed by atoms with Gasteiger partial charge in [0.2, 0.25) is 0 Å². The van der Waals surface area contributed by atoms with E-state index in [1.165, 1.54) is 11.1 Å². The fourth-order valence-electron chi connectivity index (χ4n) is 2.15. The maximum Gasteiger partial charge on any atom is 0.121 e. The molecule has 0 unspecified atom stereocenters. The van der Waals surface area contributed by atoms with Crippen LogP contribution >= 0.6 is 0 Å². The normalized spacial score (nSPS) is 11.9. The molecule has 0 saturated carbocycles. The van der Waals surface area contributed by atoms with Crippen LogP contribution in [0.4, 0.5) is 0 Å². The molecule has 0 atom stereocenters. The maximum absolute atomic E-state index is 5.04. The third kappa shape index (κ3) is 1.15. The zero-order valence-corrected chi connectivity index (χ0v) is 8.55. The first-order valence-electron chi connectivity index (χ1n) is 5.05. The standard InChI is InChI=1S/C13H10N2O/c14-16-15-13-11-7-3-1-5-9(11)10-6-2-4-8-12(10)13/h1-8H,14H2. The molecular formula is C13H10N2O. The van der Waals surface area contributed by atoms with Gasteiger partial charge in [0.15, 0.2) is 0 Å². The molecule has 3 heteroatoms. The Kier molecular flexibility index (Phi) is 1.98. The molecule has 1 aliphatic carbocycles. The third-order valence-electron chi connectivity index (χ3n) is 2.80. The predicted octanol–water partition coefficient (Wildman–Crippen LogP) is 2.31. The van der Waals surface area contributed by atoms with Crippen molar-refractivity contribution in [1.29, 1.82) is 0 Å².